The third-order valence-corrected chi connectivity index (χ3v) is 3.68. The van der Waals surface area contributed by atoms with Crippen molar-refractivity contribution in [2.45, 2.75) is 4.90 Å². The van der Waals surface area contributed by atoms with E-state index in [0.717, 1.165) is 30.3 Å². The van der Waals surface area contributed by atoms with Gasteiger partial charge in [-0.15, -0.1) is 0 Å². The van der Waals surface area contributed by atoms with Crippen LogP contribution in [0, 0.1) is 21.7 Å². The molecule has 2 aromatic rings. The number of non-ortho nitro benzene ring substituents is 1. The molecule has 6 nitrogen and oxygen atoms in total. The molecular formula is C12H7F2NO5S. The lowest BCUT2D eigenvalue weighted by Crippen LogP contribution is -2.12. The molecule has 0 aromatic heterocycles. The fraction of sp³-hybridized carbons (Fsp3) is 0. The molecule has 0 radical (unpaired) electrons. The van der Waals surface area contributed by atoms with Crippen molar-refractivity contribution in [3.05, 3.63) is 64.2 Å². The molecule has 110 valence electrons. The Labute approximate surface area is 117 Å². The zero-order chi connectivity index (χ0) is 15.6. The van der Waals surface area contributed by atoms with E-state index in [1.165, 1.54) is 0 Å². The van der Waals surface area contributed by atoms with E-state index in [-0.39, 0.29) is 11.4 Å². The lowest BCUT2D eigenvalue weighted by atomic mass is 10.3. The molecule has 0 N–H and O–H groups in total. The van der Waals surface area contributed by atoms with Crippen molar-refractivity contribution in [2.24, 2.45) is 0 Å². The topological polar surface area (TPSA) is 86.5 Å². The summed E-state index contributed by atoms with van der Waals surface area (Å²) in [4.78, 5) is 8.82. The Hall–Kier alpha value is -2.55. The Morgan fingerprint density at radius 3 is 2.24 bits per heavy atom. The molecule has 0 amide bonds. The number of benzene rings is 2. The second kappa shape index (κ2) is 5.44. The van der Waals surface area contributed by atoms with Gasteiger partial charge in [-0.3, -0.25) is 10.1 Å². The summed E-state index contributed by atoms with van der Waals surface area (Å²) >= 11 is 0. The predicted octanol–water partition coefficient (Wildman–Crippen LogP) is 2.64. The average Bonchev–Trinajstić information content (AvgIpc) is 2.41. The standard InChI is InChI=1S/C12H7F2NO5S/c13-8-1-6-11(14)12(7-8)21(18,19)20-10-4-2-9(3-5-10)15(16)17/h1-7H. The van der Waals surface area contributed by atoms with Crippen LogP contribution in [0.2, 0.25) is 0 Å². The minimum Gasteiger partial charge on any atom is -0.379 e. The number of rotatable bonds is 4. The molecule has 0 atom stereocenters. The highest BCUT2D eigenvalue weighted by atomic mass is 32.2. The van der Waals surface area contributed by atoms with Gasteiger partial charge in [-0.05, 0) is 30.3 Å². The van der Waals surface area contributed by atoms with Gasteiger partial charge < -0.3 is 4.18 Å². The van der Waals surface area contributed by atoms with Gasteiger partial charge in [0, 0.05) is 12.1 Å². The van der Waals surface area contributed by atoms with Crippen molar-refractivity contribution >= 4 is 15.8 Å². The molecule has 0 bridgehead atoms. The number of halogens is 2. The Morgan fingerprint density at radius 2 is 1.67 bits per heavy atom. The highest BCUT2D eigenvalue weighted by Crippen LogP contribution is 2.23. The Bertz CT molecular complexity index is 790. The molecule has 0 saturated heterocycles. The van der Waals surface area contributed by atoms with Crippen LogP contribution in [0.5, 0.6) is 5.75 Å². The van der Waals surface area contributed by atoms with Gasteiger partial charge in [0.05, 0.1) is 4.92 Å². The number of hydrogen-bond acceptors (Lipinski definition) is 5. The van der Waals surface area contributed by atoms with Gasteiger partial charge in [-0.25, -0.2) is 8.78 Å². The lowest BCUT2D eigenvalue weighted by molar-refractivity contribution is -0.384. The normalized spacial score (nSPS) is 11.1. The summed E-state index contributed by atoms with van der Waals surface area (Å²) in [5, 5.41) is 10.5. The number of nitrogens with zero attached hydrogens (tertiary/aromatic N) is 1. The molecule has 9 heteroatoms. The molecule has 0 fully saturated rings. The van der Waals surface area contributed by atoms with Crippen LogP contribution >= 0.6 is 0 Å². The summed E-state index contributed by atoms with van der Waals surface area (Å²) in [6.07, 6.45) is 0. The van der Waals surface area contributed by atoms with Crippen LogP contribution in [0.1, 0.15) is 0 Å². The first-order chi connectivity index (χ1) is 9.79. The summed E-state index contributed by atoms with van der Waals surface area (Å²) in [5.74, 6) is -2.37. The van der Waals surface area contributed by atoms with Crippen LogP contribution in [0.25, 0.3) is 0 Å². The van der Waals surface area contributed by atoms with E-state index in [9.17, 15) is 27.3 Å². The minimum absolute atomic E-state index is 0.260. The molecule has 0 saturated carbocycles. The van der Waals surface area contributed by atoms with E-state index in [4.69, 9.17) is 0 Å². The van der Waals surface area contributed by atoms with Crippen LogP contribution < -0.4 is 4.18 Å². The number of hydrogen-bond donors (Lipinski definition) is 0. The molecule has 2 rings (SSSR count). The molecule has 0 unspecified atom stereocenters. The van der Waals surface area contributed by atoms with E-state index in [1.807, 2.05) is 0 Å². The number of nitro benzene ring substituents is 1. The van der Waals surface area contributed by atoms with Crippen molar-refractivity contribution in [3.8, 4) is 5.75 Å². The summed E-state index contributed by atoms with van der Waals surface area (Å²) in [7, 11) is -4.58. The van der Waals surface area contributed by atoms with Crippen molar-refractivity contribution < 1.29 is 26.3 Å². The van der Waals surface area contributed by atoms with Crippen molar-refractivity contribution in [1.82, 2.24) is 0 Å². The van der Waals surface area contributed by atoms with Crippen molar-refractivity contribution in [2.75, 3.05) is 0 Å². The molecular weight excluding hydrogens is 308 g/mol. The Kier molecular flexibility index (Phi) is 3.85. The van der Waals surface area contributed by atoms with Crippen molar-refractivity contribution in [3.63, 3.8) is 0 Å². The van der Waals surface area contributed by atoms with E-state index in [0.29, 0.717) is 12.1 Å². The summed E-state index contributed by atoms with van der Waals surface area (Å²) in [5.41, 5.74) is -0.267. The zero-order valence-electron chi connectivity index (χ0n) is 10.2. The van der Waals surface area contributed by atoms with Gasteiger partial charge in [0.1, 0.15) is 22.3 Å². The maximum atomic E-state index is 13.4. The predicted molar refractivity (Wildman–Crippen MR) is 67.3 cm³/mol. The highest BCUT2D eigenvalue weighted by Gasteiger charge is 2.22. The number of nitro groups is 1. The summed E-state index contributed by atoms with van der Waals surface area (Å²) in [6.45, 7) is 0. The van der Waals surface area contributed by atoms with Gasteiger partial charge in [0.25, 0.3) is 5.69 Å². The van der Waals surface area contributed by atoms with E-state index < -0.39 is 31.6 Å². The third-order valence-electron chi connectivity index (χ3n) is 2.42. The van der Waals surface area contributed by atoms with E-state index in [1.54, 1.807) is 0 Å². The minimum atomic E-state index is -4.58. The lowest BCUT2D eigenvalue weighted by Gasteiger charge is -2.07. The van der Waals surface area contributed by atoms with Gasteiger partial charge in [-0.2, -0.15) is 8.42 Å². The first-order valence-electron chi connectivity index (χ1n) is 5.43. The SMILES string of the molecule is O=[N+]([O-])c1ccc(OS(=O)(=O)c2cc(F)ccc2F)cc1. The average molecular weight is 315 g/mol. The Morgan fingerprint density at radius 1 is 1.05 bits per heavy atom. The second-order valence-corrected chi connectivity index (χ2v) is 5.38. The summed E-state index contributed by atoms with van der Waals surface area (Å²) < 4.78 is 54.7. The van der Waals surface area contributed by atoms with E-state index in [2.05, 4.69) is 4.18 Å². The van der Waals surface area contributed by atoms with Crippen LogP contribution in [0.3, 0.4) is 0 Å². The molecule has 0 heterocycles. The molecule has 0 aliphatic carbocycles. The smallest absolute Gasteiger partial charge is 0.342 e. The molecule has 0 aliphatic rings. The van der Waals surface area contributed by atoms with Crippen LogP contribution in [0.4, 0.5) is 14.5 Å². The third kappa shape index (κ3) is 3.31. The quantitative estimate of drug-likeness (QED) is 0.492. The van der Waals surface area contributed by atoms with E-state index >= 15 is 0 Å². The first kappa shape index (κ1) is 14.9. The fourth-order valence-electron chi connectivity index (χ4n) is 1.46. The fourth-order valence-corrected chi connectivity index (χ4v) is 2.48. The first-order valence-corrected chi connectivity index (χ1v) is 6.84. The van der Waals surface area contributed by atoms with Crippen LogP contribution in [0.15, 0.2) is 47.4 Å². The van der Waals surface area contributed by atoms with Gasteiger partial charge >= 0.3 is 10.1 Å². The molecule has 21 heavy (non-hydrogen) atoms. The monoisotopic (exact) mass is 315 g/mol. The molecule has 0 aliphatic heterocycles. The highest BCUT2D eigenvalue weighted by molar-refractivity contribution is 7.87. The molecule has 0 spiro atoms. The largest absolute Gasteiger partial charge is 0.379 e. The molecule has 2 aromatic carbocycles. The zero-order valence-corrected chi connectivity index (χ0v) is 11.0. The maximum Gasteiger partial charge on any atom is 0.342 e. The Balaban J connectivity index is 2.33. The van der Waals surface area contributed by atoms with Crippen LogP contribution in [-0.2, 0) is 10.1 Å². The maximum absolute atomic E-state index is 13.4. The van der Waals surface area contributed by atoms with Crippen molar-refractivity contribution in [1.29, 1.82) is 0 Å². The van der Waals surface area contributed by atoms with Gasteiger partial charge in [-0.1, -0.05) is 0 Å². The van der Waals surface area contributed by atoms with Crippen LogP contribution in [-0.4, -0.2) is 13.3 Å². The van der Waals surface area contributed by atoms with Gasteiger partial charge in [0.2, 0.25) is 0 Å². The summed E-state index contributed by atoms with van der Waals surface area (Å²) in [6, 6.07) is 6.01. The second-order valence-electron chi connectivity index (χ2n) is 3.86. The van der Waals surface area contributed by atoms with Gasteiger partial charge in [0.15, 0.2) is 0 Å².